The average molecular weight is 584 g/mol. The van der Waals surface area contributed by atoms with Crippen LogP contribution in [-0.2, 0) is 14.9 Å². The van der Waals surface area contributed by atoms with Gasteiger partial charge in [0.15, 0.2) is 0 Å². The second kappa shape index (κ2) is 27.7. The zero-order valence-corrected chi connectivity index (χ0v) is 26.5. The van der Waals surface area contributed by atoms with Crippen molar-refractivity contribution in [3.63, 3.8) is 0 Å². The van der Waals surface area contributed by atoms with E-state index in [1.807, 2.05) is 0 Å². The molecule has 3 N–H and O–H groups in total. The quantitative estimate of drug-likeness (QED) is 0.0486. The van der Waals surface area contributed by atoms with Crippen molar-refractivity contribution in [3.05, 3.63) is 36.5 Å². The van der Waals surface area contributed by atoms with Crippen LogP contribution >= 0.6 is 0 Å². The van der Waals surface area contributed by atoms with Crippen LogP contribution in [-0.4, -0.2) is 41.9 Å². The third-order valence-electron chi connectivity index (χ3n) is 7.02. The first-order valence-electron chi connectivity index (χ1n) is 16.2. The summed E-state index contributed by atoms with van der Waals surface area (Å²) in [4.78, 5) is 12.4. The molecular weight excluding hydrogens is 522 g/mol. The highest BCUT2D eigenvalue weighted by atomic mass is 32.2. The fourth-order valence-corrected chi connectivity index (χ4v) is 5.32. The Hall–Kier alpha value is -1.44. The molecule has 40 heavy (non-hydrogen) atoms. The average Bonchev–Trinajstić information content (AvgIpc) is 2.90. The van der Waals surface area contributed by atoms with Gasteiger partial charge in [0.2, 0.25) is 5.91 Å². The van der Waals surface area contributed by atoms with E-state index in [0.717, 1.165) is 44.9 Å². The molecule has 0 aromatic carbocycles. The summed E-state index contributed by atoms with van der Waals surface area (Å²) in [6, 6.07) is -1.07. The van der Waals surface area contributed by atoms with Crippen LogP contribution in [0.2, 0.25) is 0 Å². The summed E-state index contributed by atoms with van der Waals surface area (Å²) in [5, 5.41) is 13.0. The van der Waals surface area contributed by atoms with Crippen LogP contribution < -0.4 is 5.32 Å². The van der Waals surface area contributed by atoms with E-state index in [1.54, 1.807) is 6.08 Å². The fourth-order valence-electron chi connectivity index (χ4n) is 4.58. The Balaban J connectivity index is 3.94. The van der Waals surface area contributed by atoms with Crippen LogP contribution in [0.3, 0.4) is 0 Å². The van der Waals surface area contributed by atoms with Crippen molar-refractivity contribution in [3.8, 4) is 0 Å². The summed E-state index contributed by atoms with van der Waals surface area (Å²) in [6.07, 6.45) is 34.4. The summed E-state index contributed by atoms with van der Waals surface area (Å²) in [7, 11) is -4.34. The topological polar surface area (TPSA) is 104 Å². The molecule has 0 aromatic rings. The van der Waals surface area contributed by atoms with E-state index in [-0.39, 0.29) is 12.3 Å². The van der Waals surface area contributed by atoms with Gasteiger partial charge in [0.1, 0.15) is 0 Å². The number of nitrogens with one attached hydrogen (secondary N) is 1. The predicted octanol–water partition coefficient (Wildman–Crippen LogP) is 8.62. The van der Waals surface area contributed by atoms with Gasteiger partial charge < -0.3 is 10.4 Å². The lowest BCUT2D eigenvalue weighted by atomic mass is 10.1. The molecule has 6 nitrogen and oxygen atoms in total. The molecule has 0 rings (SSSR count). The van der Waals surface area contributed by atoms with Crippen molar-refractivity contribution in [2.75, 3.05) is 5.75 Å². The van der Waals surface area contributed by atoms with Crippen LogP contribution in [0, 0.1) is 0 Å². The molecular formula is C33H61NO5S. The number of aliphatic hydroxyl groups is 1. The monoisotopic (exact) mass is 583 g/mol. The molecule has 2 atom stereocenters. The largest absolute Gasteiger partial charge is 0.387 e. The molecule has 1 amide bonds. The summed E-state index contributed by atoms with van der Waals surface area (Å²) in [5.41, 5.74) is 0. The Morgan fingerprint density at radius 3 is 1.68 bits per heavy atom. The lowest BCUT2D eigenvalue weighted by Crippen LogP contribution is -2.46. The Kier molecular flexibility index (Phi) is 26.7. The number of unbranched alkanes of at least 4 members (excludes halogenated alkanes) is 16. The first-order chi connectivity index (χ1) is 19.3. The normalized spacial score (nSPS) is 14.0. The lowest BCUT2D eigenvalue weighted by Gasteiger charge is -2.21. The summed E-state index contributed by atoms with van der Waals surface area (Å²) >= 11 is 0. The Morgan fingerprint density at radius 2 is 1.12 bits per heavy atom. The molecule has 234 valence electrons. The van der Waals surface area contributed by atoms with Crippen LogP contribution in [0.5, 0.6) is 0 Å². The molecule has 0 aromatic heterocycles. The zero-order chi connectivity index (χ0) is 29.7. The van der Waals surface area contributed by atoms with E-state index < -0.39 is 28.0 Å². The molecule has 0 heterocycles. The first kappa shape index (κ1) is 38.6. The van der Waals surface area contributed by atoms with Crippen LogP contribution in [0.25, 0.3) is 0 Å². The molecule has 0 bridgehead atoms. The Morgan fingerprint density at radius 1 is 0.650 bits per heavy atom. The van der Waals surface area contributed by atoms with Crippen LogP contribution in [0.4, 0.5) is 0 Å². The van der Waals surface area contributed by atoms with Gasteiger partial charge in [-0.2, -0.15) is 8.42 Å². The minimum Gasteiger partial charge on any atom is -0.387 e. The molecule has 0 saturated carbocycles. The minimum absolute atomic E-state index is 0.282. The van der Waals surface area contributed by atoms with Gasteiger partial charge in [0, 0.05) is 6.42 Å². The van der Waals surface area contributed by atoms with Gasteiger partial charge in [-0.05, 0) is 51.4 Å². The smallest absolute Gasteiger partial charge is 0.267 e. The van der Waals surface area contributed by atoms with Crippen LogP contribution in [0.1, 0.15) is 149 Å². The maximum Gasteiger partial charge on any atom is 0.267 e. The number of carbonyl (C=O) groups excluding carboxylic acids is 1. The van der Waals surface area contributed by atoms with Crippen LogP contribution in [0.15, 0.2) is 36.5 Å². The lowest BCUT2D eigenvalue weighted by molar-refractivity contribution is -0.122. The maximum atomic E-state index is 12.4. The Labute approximate surface area is 246 Å². The third-order valence-corrected chi connectivity index (χ3v) is 7.80. The highest BCUT2D eigenvalue weighted by Crippen LogP contribution is 2.12. The second-order valence-corrected chi connectivity index (χ2v) is 12.6. The minimum atomic E-state index is -4.34. The van der Waals surface area contributed by atoms with Gasteiger partial charge in [-0.25, -0.2) is 0 Å². The summed E-state index contributed by atoms with van der Waals surface area (Å²) in [6.45, 7) is 4.37. The molecule has 0 aliphatic rings. The molecule has 0 aliphatic heterocycles. The standard InChI is InChI=1S/C33H61NO5S/c1-3-5-7-9-11-12-13-14-15-16-17-18-19-20-21-23-25-27-29-33(36)34-31(30-40(37,38)39)32(35)28-26-24-22-10-8-6-4-2/h8,10,15-16,26,28,31-32,35H,3-7,9,11-14,17-25,27,29-30H2,1-2H3,(H,34,36)(H,37,38,39)/b10-8+,16-15-,28-26+. The molecule has 0 fully saturated rings. The van der Waals surface area contributed by atoms with Crippen molar-refractivity contribution >= 4 is 16.0 Å². The van der Waals surface area contributed by atoms with Crippen molar-refractivity contribution in [1.29, 1.82) is 0 Å². The van der Waals surface area contributed by atoms with E-state index in [2.05, 4.69) is 43.5 Å². The molecule has 7 heteroatoms. The van der Waals surface area contributed by atoms with E-state index >= 15 is 0 Å². The number of aliphatic hydroxyl groups excluding tert-OH is 1. The highest BCUT2D eigenvalue weighted by Gasteiger charge is 2.24. The SMILES string of the molecule is CCC/C=C/CC/C=C/C(O)C(CS(=O)(=O)O)NC(=O)CCCCCCCCC/C=C\CCCCCCCCC. The first-order valence-corrected chi connectivity index (χ1v) is 17.8. The van der Waals surface area contributed by atoms with Crippen molar-refractivity contribution in [2.45, 2.75) is 161 Å². The number of rotatable bonds is 28. The van der Waals surface area contributed by atoms with E-state index in [0.29, 0.717) is 6.42 Å². The molecule has 2 unspecified atom stereocenters. The molecule has 0 saturated heterocycles. The van der Waals surface area contributed by atoms with E-state index in [1.165, 1.54) is 83.1 Å². The summed E-state index contributed by atoms with van der Waals surface area (Å²) < 4.78 is 32.0. The number of carbonyl (C=O) groups is 1. The second-order valence-electron chi connectivity index (χ2n) is 11.1. The summed E-state index contributed by atoms with van der Waals surface area (Å²) in [5.74, 6) is -1.01. The maximum absolute atomic E-state index is 12.4. The van der Waals surface area contributed by atoms with E-state index in [4.69, 9.17) is 0 Å². The Bertz CT molecular complexity index is 776. The number of hydrogen-bond acceptors (Lipinski definition) is 4. The predicted molar refractivity (Wildman–Crippen MR) is 170 cm³/mol. The fraction of sp³-hybridized carbons (Fsp3) is 0.788. The van der Waals surface area contributed by atoms with Crippen molar-refractivity contribution in [1.82, 2.24) is 5.32 Å². The molecule has 0 radical (unpaired) electrons. The van der Waals surface area contributed by atoms with Gasteiger partial charge >= 0.3 is 0 Å². The van der Waals surface area contributed by atoms with Gasteiger partial charge in [-0.3, -0.25) is 9.35 Å². The van der Waals surface area contributed by atoms with Crippen molar-refractivity contribution in [2.24, 2.45) is 0 Å². The zero-order valence-electron chi connectivity index (χ0n) is 25.7. The number of amides is 1. The molecule has 0 spiro atoms. The highest BCUT2D eigenvalue weighted by molar-refractivity contribution is 7.85. The number of hydrogen-bond donors (Lipinski definition) is 3. The molecule has 0 aliphatic carbocycles. The van der Waals surface area contributed by atoms with Gasteiger partial charge in [0.25, 0.3) is 10.1 Å². The van der Waals surface area contributed by atoms with Gasteiger partial charge in [0.05, 0.1) is 17.9 Å². The number of allylic oxidation sites excluding steroid dienone is 5. The third kappa shape index (κ3) is 28.1. The van der Waals surface area contributed by atoms with Gasteiger partial charge in [-0.1, -0.05) is 127 Å². The van der Waals surface area contributed by atoms with Crippen molar-refractivity contribution < 1.29 is 22.9 Å². The van der Waals surface area contributed by atoms with E-state index in [9.17, 15) is 22.9 Å². The van der Waals surface area contributed by atoms with Gasteiger partial charge in [-0.15, -0.1) is 0 Å².